The highest BCUT2D eigenvalue weighted by molar-refractivity contribution is 5.04. The first-order valence-electron chi connectivity index (χ1n) is 5.74. The maximum absolute atomic E-state index is 6.45. The lowest BCUT2D eigenvalue weighted by Crippen LogP contribution is -2.60. The van der Waals surface area contributed by atoms with E-state index in [1.54, 1.807) is 0 Å². The predicted molar refractivity (Wildman–Crippen MR) is 62.3 cm³/mol. The van der Waals surface area contributed by atoms with Gasteiger partial charge in [0.2, 0.25) is 0 Å². The van der Waals surface area contributed by atoms with Gasteiger partial charge in [0.15, 0.2) is 0 Å². The second kappa shape index (κ2) is 3.82. The lowest BCUT2D eigenvalue weighted by molar-refractivity contribution is 0.0696. The molecule has 0 saturated heterocycles. The van der Waals surface area contributed by atoms with E-state index in [1.165, 1.54) is 25.7 Å². The molecule has 1 saturated carbocycles. The molecule has 0 amide bonds. The zero-order chi connectivity index (χ0) is 11.0. The van der Waals surface area contributed by atoms with Gasteiger partial charge in [-0.2, -0.15) is 0 Å². The Hall–Kier alpha value is -0.0800. The molecule has 1 fully saturated rings. The number of nitrogens with zero attached hydrogens (tertiary/aromatic N) is 1. The summed E-state index contributed by atoms with van der Waals surface area (Å²) in [5, 5.41) is 0. The predicted octanol–water partition coefficient (Wildman–Crippen LogP) is 2.23. The minimum absolute atomic E-state index is 0.203. The molecule has 0 radical (unpaired) electrons. The highest BCUT2D eigenvalue weighted by Gasteiger charge is 2.45. The molecule has 0 spiro atoms. The van der Waals surface area contributed by atoms with Crippen molar-refractivity contribution < 1.29 is 0 Å². The second-order valence-electron chi connectivity index (χ2n) is 6.05. The lowest BCUT2D eigenvalue weighted by Gasteiger charge is -2.47. The van der Waals surface area contributed by atoms with Crippen molar-refractivity contribution in [1.29, 1.82) is 0 Å². The van der Waals surface area contributed by atoms with Crippen molar-refractivity contribution in [2.45, 2.75) is 58.0 Å². The van der Waals surface area contributed by atoms with Gasteiger partial charge < -0.3 is 10.6 Å². The molecular weight excluding hydrogens is 172 g/mol. The molecule has 2 heteroatoms. The van der Waals surface area contributed by atoms with Crippen LogP contribution in [0.15, 0.2) is 0 Å². The van der Waals surface area contributed by atoms with Crippen LogP contribution in [0.4, 0.5) is 0 Å². The van der Waals surface area contributed by atoms with Gasteiger partial charge in [-0.25, -0.2) is 0 Å². The maximum atomic E-state index is 6.45. The summed E-state index contributed by atoms with van der Waals surface area (Å²) in [5.74, 6) is 0. The van der Waals surface area contributed by atoms with Crippen LogP contribution in [-0.4, -0.2) is 30.6 Å². The normalized spacial score (nSPS) is 24.2. The fraction of sp³-hybridized carbons (Fsp3) is 1.00. The summed E-state index contributed by atoms with van der Waals surface area (Å²) in [6.45, 7) is 6.75. The Morgan fingerprint density at radius 1 is 1.14 bits per heavy atom. The average molecular weight is 198 g/mol. The van der Waals surface area contributed by atoms with Gasteiger partial charge in [0.25, 0.3) is 0 Å². The van der Waals surface area contributed by atoms with Gasteiger partial charge in [-0.05, 0) is 32.4 Å². The Bertz CT molecular complexity index is 185. The van der Waals surface area contributed by atoms with E-state index < -0.39 is 0 Å². The Morgan fingerprint density at radius 2 is 1.57 bits per heavy atom. The number of likely N-dealkylation sites (N-methyl/N-ethyl adjacent to an activating group) is 1. The summed E-state index contributed by atoms with van der Waals surface area (Å²) in [4.78, 5) is 2.36. The van der Waals surface area contributed by atoms with Crippen molar-refractivity contribution in [1.82, 2.24) is 4.90 Å². The second-order valence-corrected chi connectivity index (χ2v) is 6.05. The third-order valence-electron chi connectivity index (χ3n) is 3.87. The van der Waals surface area contributed by atoms with Crippen molar-refractivity contribution in [2.75, 3.05) is 14.1 Å². The van der Waals surface area contributed by atoms with Crippen LogP contribution in [-0.2, 0) is 0 Å². The molecule has 1 rings (SSSR count). The average Bonchev–Trinajstić information content (AvgIpc) is 2.50. The summed E-state index contributed by atoms with van der Waals surface area (Å²) < 4.78 is 0. The molecule has 84 valence electrons. The molecule has 1 unspecified atom stereocenters. The molecule has 2 nitrogen and oxygen atoms in total. The molecule has 1 aliphatic carbocycles. The third kappa shape index (κ3) is 1.96. The summed E-state index contributed by atoms with van der Waals surface area (Å²) in [5.41, 5.74) is 6.90. The third-order valence-corrected chi connectivity index (χ3v) is 3.87. The molecule has 0 aromatic heterocycles. The Labute approximate surface area is 88.8 Å². The summed E-state index contributed by atoms with van der Waals surface area (Å²) in [7, 11) is 4.36. The van der Waals surface area contributed by atoms with E-state index >= 15 is 0 Å². The highest BCUT2D eigenvalue weighted by atomic mass is 15.2. The monoisotopic (exact) mass is 198 g/mol. The molecule has 0 aromatic rings. The first kappa shape index (κ1) is 12.0. The van der Waals surface area contributed by atoms with Gasteiger partial charge in [-0.15, -0.1) is 0 Å². The minimum Gasteiger partial charge on any atom is -0.326 e. The van der Waals surface area contributed by atoms with Gasteiger partial charge in [0.1, 0.15) is 0 Å². The summed E-state index contributed by atoms with van der Waals surface area (Å²) >= 11 is 0. The number of hydrogen-bond donors (Lipinski definition) is 1. The van der Waals surface area contributed by atoms with Crippen LogP contribution in [0.2, 0.25) is 0 Å². The van der Waals surface area contributed by atoms with Gasteiger partial charge >= 0.3 is 0 Å². The van der Waals surface area contributed by atoms with Crippen LogP contribution in [0.1, 0.15) is 46.5 Å². The standard InChI is InChI=1S/C12H26N2/c1-11(2,3)10(13)12(14(4)5)8-6-7-9-12/h10H,6-9,13H2,1-5H3. The summed E-state index contributed by atoms with van der Waals surface area (Å²) in [6, 6.07) is 0.271. The number of hydrogen-bond acceptors (Lipinski definition) is 2. The van der Waals surface area contributed by atoms with E-state index in [9.17, 15) is 0 Å². The maximum Gasteiger partial charge on any atom is 0.0359 e. The van der Waals surface area contributed by atoms with Crippen LogP contribution >= 0.6 is 0 Å². The molecular formula is C12H26N2. The van der Waals surface area contributed by atoms with Crippen LogP contribution < -0.4 is 5.73 Å². The molecule has 0 aliphatic heterocycles. The number of nitrogens with two attached hydrogens (primary N) is 1. The smallest absolute Gasteiger partial charge is 0.0359 e. The highest BCUT2D eigenvalue weighted by Crippen LogP contribution is 2.41. The van der Waals surface area contributed by atoms with Crippen molar-refractivity contribution in [3.63, 3.8) is 0 Å². The van der Waals surface area contributed by atoms with Crippen molar-refractivity contribution >= 4 is 0 Å². The van der Waals surface area contributed by atoms with Crippen LogP contribution in [0, 0.1) is 5.41 Å². The van der Waals surface area contributed by atoms with Crippen LogP contribution in [0.3, 0.4) is 0 Å². The number of rotatable bonds is 2. The zero-order valence-electron chi connectivity index (χ0n) is 10.4. The zero-order valence-corrected chi connectivity index (χ0v) is 10.4. The minimum atomic E-state index is 0.203. The van der Waals surface area contributed by atoms with Gasteiger partial charge in [-0.3, -0.25) is 0 Å². The Morgan fingerprint density at radius 3 is 1.86 bits per heavy atom. The first-order valence-corrected chi connectivity index (χ1v) is 5.74. The van der Waals surface area contributed by atoms with E-state index in [0.29, 0.717) is 0 Å². The van der Waals surface area contributed by atoms with Gasteiger partial charge in [0, 0.05) is 11.6 Å². The van der Waals surface area contributed by atoms with Gasteiger partial charge in [0.05, 0.1) is 0 Å². The van der Waals surface area contributed by atoms with E-state index in [2.05, 4.69) is 39.8 Å². The van der Waals surface area contributed by atoms with Gasteiger partial charge in [-0.1, -0.05) is 33.6 Å². The lowest BCUT2D eigenvalue weighted by atomic mass is 9.73. The molecule has 14 heavy (non-hydrogen) atoms. The van der Waals surface area contributed by atoms with E-state index in [0.717, 1.165) is 0 Å². The first-order chi connectivity index (χ1) is 6.31. The summed E-state index contributed by atoms with van der Waals surface area (Å²) in [6.07, 6.45) is 5.20. The Balaban J connectivity index is 2.88. The van der Waals surface area contributed by atoms with Crippen LogP contribution in [0.25, 0.3) is 0 Å². The fourth-order valence-corrected chi connectivity index (χ4v) is 2.83. The quantitative estimate of drug-likeness (QED) is 0.737. The van der Waals surface area contributed by atoms with Crippen molar-refractivity contribution in [3.05, 3.63) is 0 Å². The van der Waals surface area contributed by atoms with Crippen LogP contribution in [0.5, 0.6) is 0 Å². The van der Waals surface area contributed by atoms with E-state index in [-0.39, 0.29) is 17.0 Å². The largest absolute Gasteiger partial charge is 0.326 e. The van der Waals surface area contributed by atoms with Crippen molar-refractivity contribution in [3.8, 4) is 0 Å². The Kier molecular flexibility index (Phi) is 3.27. The molecule has 1 atom stereocenters. The fourth-order valence-electron chi connectivity index (χ4n) is 2.83. The molecule has 0 aromatic carbocycles. The molecule has 2 N–H and O–H groups in total. The topological polar surface area (TPSA) is 29.3 Å². The van der Waals surface area contributed by atoms with E-state index in [1.807, 2.05) is 0 Å². The van der Waals surface area contributed by atoms with Crippen molar-refractivity contribution in [2.24, 2.45) is 11.1 Å². The molecule has 0 bridgehead atoms. The molecule has 0 heterocycles. The SMILES string of the molecule is CN(C)C1(C(N)C(C)(C)C)CCCC1. The molecule has 1 aliphatic rings. The van der Waals surface area contributed by atoms with E-state index in [4.69, 9.17) is 5.73 Å².